The molecule has 0 aliphatic carbocycles. The van der Waals surface area contributed by atoms with Crippen molar-refractivity contribution in [3.05, 3.63) is 70.8 Å². The van der Waals surface area contributed by atoms with E-state index >= 15 is 0 Å². The van der Waals surface area contributed by atoms with E-state index in [1.165, 1.54) is 5.56 Å². The van der Waals surface area contributed by atoms with Crippen LogP contribution in [0.3, 0.4) is 0 Å². The van der Waals surface area contributed by atoms with Gasteiger partial charge in [-0.15, -0.1) is 0 Å². The largest absolute Gasteiger partial charge is 0.494 e. The number of fused-ring (bicyclic) bond motifs is 1. The highest BCUT2D eigenvalue weighted by Crippen LogP contribution is 2.19. The fourth-order valence-electron chi connectivity index (χ4n) is 2.57. The number of nitrogens with zero attached hydrogens (tertiary/aromatic N) is 2. The van der Waals surface area contributed by atoms with Crippen LogP contribution in [0.1, 0.15) is 12.0 Å². The highest BCUT2D eigenvalue weighted by atomic mass is 16.5. The molecule has 3 rings (SSSR count). The molecule has 0 radical (unpaired) electrons. The van der Waals surface area contributed by atoms with Gasteiger partial charge in [-0.25, -0.2) is 0 Å². The summed E-state index contributed by atoms with van der Waals surface area (Å²) in [6.07, 6.45) is 4.53. The van der Waals surface area contributed by atoms with Crippen molar-refractivity contribution in [1.29, 1.82) is 0 Å². The molecule has 2 heterocycles. The zero-order chi connectivity index (χ0) is 16.8. The summed E-state index contributed by atoms with van der Waals surface area (Å²) in [5.41, 5.74) is 2.14. The van der Waals surface area contributed by atoms with Crippen LogP contribution in [0.25, 0.3) is 10.9 Å². The summed E-state index contributed by atoms with van der Waals surface area (Å²) in [5, 5.41) is 4.39. The predicted molar refractivity (Wildman–Crippen MR) is 95.2 cm³/mol. The molecular weight excluding hydrogens is 302 g/mol. The van der Waals surface area contributed by atoms with Crippen molar-refractivity contribution in [3.8, 4) is 5.75 Å². The van der Waals surface area contributed by atoms with Crippen molar-refractivity contribution in [2.24, 2.45) is 7.05 Å². The van der Waals surface area contributed by atoms with Crippen molar-refractivity contribution in [1.82, 2.24) is 14.9 Å². The molecular formula is C19H21N3O2. The summed E-state index contributed by atoms with van der Waals surface area (Å²) >= 11 is 0. The molecule has 24 heavy (non-hydrogen) atoms. The standard InChI is InChI=1S/C19H21N3O2/c1-22-18-5-4-17(13-16(18)3-6-19(22)23)24-12-2-9-21-14-15-7-10-20-11-8-15/h3-8,10-11,13,21H,2,9,12,14H2,1H3. The van der Waals surface area contributed by atoms with Crippen molar-refractivity contribution in [2.75, 3.05) is 13.2 Å². The molecule has 0 saturated carbocycles. The molecule has 0 fully saturated rings. The van der Waals surface area contributed by atoms with E-state index in [4.69, 9.17) is 4.74 Å². The lowest BCUT2D eigenvalue weighted by Gasteiger charge is -2.09. The molecule has 0 unspecified atom stereocenters. The van der Waals surface area contributed by atoms with Gasteiger partial charge >= 0.3 is 0 Å². The Bertz CT molecular complexity index is 859. The smallest absolute Gasteiger partial charge is 0.250 e. The van der Waals surface area contributed by atoms with Gasteiger partial charge in [-0.1, -0.05) is 0 Å². The van der Waals surface area contributed by atoms with Gasteiger partial charge in [0.05, 0.1) is 12.1 Å². The van der Waals surface area contributed by atoms with Gasteiger partial charge in [0.15, 0.2) is 0 Å². The van der Waals surface area contributed by atoms with Gasteiger partial charge in [-0.05, 0) is 54.9 Å². The second-order valence-corrected chi connectivity index (χ2v) is 5.69. The van der Waals surface area contributed by atoms with Crippen LogP contribution >= 0.6 is 0 Å². The number of nitrogens with one attached hydrogen (secondary N) is 1. The topological polar surface area (TPSA) is 56.1 Å². The number of hydrogen-bond donors (Lipinski definition) is 1. The minimum atomic E-state index is -0.00330. The highest BCUT2D eigenvalue weighted by Gasteiger charge is 2.01. The van der Waals surface area contributed by atoms with Crippen LogP contribution in [0.4, 0.5) is 0 Å². The van der Waals surface area contributed by atoms with Crippen LogP contribution in [0.15, 0.2) is 59.7 Å². The molecule has 3 aromatic rings. The normalized spacial score (nSPS) is 10.9. The van der Waals surface area contributed by atoms with E-state index in [1.54, 1.807) is 30.1 Å². The van der Waals surface area contributed by atoms with Gasteiger partial charge in [0, 0.05) is 37.4 Å². The summed E-state index contributed by atoms with van der Waals surface area (Å²) in [7, 11) is 1.78. The Labute approximate surface area is 140 Å². The SMILES string of the molecule is Cn1c(=O)ccc2cc(OCCCNCc3ccncc3)ccc21. The van der Waals surface area contributed by atoms with Crippen LogP contribution in [-0.2, 0) is 13.6 Å². The first-order valence-corrected chi connectivity index (χ1v) is 8.06. The van der Waals surface area contributed by atoms with Crippen LogP contribution in [0.2, 0.25) is 0 Å². The summed E-state index contributed by atoms with van der Waals surface area (Å²) in [4.78, 5) is 15.6. The maximum atomic E-state index is 11.6. The molecule has 0 amide bonds. The monoisotopic (exact) mass is 323 g/mol. The average Bonchev–Trinajstić information content (AvgIpc) is 2.62. The maximum absolute atomic E-state index is 11.6. The highest BCUT2D eigenvalue weighted by molar-refractivity contribution is 5.80. The molecule has 5 heteroatoms. The molecule has 2 aromatic heterocycles. The third-order valence-electron chi connectivity index (χ3n) is 3.94. The minimum Gasteiger partial charge on any atom is -0.494 e. The Balaban J connectivity index is 1.46. The Morgan fingerprint density at radius 3 is 2.79 bits per heavy atom. The molecule has 5 nitrogen and oxygen atoms in total. The number of benzene rings is 1. The summed E-state index contributed by atoms with van der Waals surface area (Å²) in [5.74, 6) is 0.829. The molecule has 0 aliphatic rings. The Hall–Kier alpha value is -2.66. The quantitative estimate of drug-likeness (QED) is 0.679. The van der Waals surface area contributed by atoms with Gasteiger partial charge in [-0.2, -0.15) is 0 Å². The zero-order valence-corrected chi connectivity index (χ0v) is 13.7. The average molecular weight is 323 g/mol. The van der Waals surface area contributed by atoms with Crippen LogP contribution in [-0.4, -0.2) is 22.7 Å². The molecule has 0 atom stereocenters. The van der Waals surface area contributed by atoms with Gasteiger partial charge in [-0.3, -0.25) is 9.78 Å². The molecule has 0 aliphatic heterocycles. The van der Waals surface area contributed by atoms with Crippen LogP contribution in [0.5, 0.6) is 5.75 Å². The first-order valence-electron chi connectivity index (χ1n) is 8.06. The van der Waals surface area contributed by atoms with E-state index in [1.807, 2.05) is 36.4 Å². The summed E-state index contributed by atoms with van der Waals surface area (Å²) in [6, 6.07) is 13.2. The van der Waals surface area contributed by atoms with Crippen molar-refractivity contribution < 1.29 is 4.74 Å². The third kappa shape index (κ3) is 4.00. The van der Waals surface area contributed by atoms with Gasteiger partial charge in [0.1, 0.15) is 5.75 Å². The second kappa shape index (κ2) is 7.75. The number of pyridine rings is 2. The third-order valence-corrected chi connectivity index (χ3v) is 3.94. The zero-order valence-electron chi connectivity index (χ0n) is 13.7. The summed E-state index contributed by atoms with van der Waals surface area (Å²) in [6.45, 7) is 2.39. The van der Waals surface area contributed by atoms with E-state index in [2.05, 4.69) is 10.3 Å². The molecule has 0 bridgehead atoms. The lowest BCUT2D eigenvalue weighted by atomic mass is 10.2. The molecule has 1 N–H and O–H groups in total. The molecule has 0 saturated heterocycles. The fourth-order valence-corrected chi connectivity index (χ4v) is 2.57. The first-order chi connectivity index (χ1) is 11.7. The number of aromatic nitrogens is 2. The number of hydrogen-bond acceptors (Lipinski definition) is 4. The number of ether oxygens (including phenoxy) is 1. The Morgan fingerprint density at radius 2 is 1.96 bits per heavy atom. The lowest BCUT2D eigenvalue weighted by Crippen LogP contribution is -2.17. The van der Waals surface area contributed by atoms with E-state index in [-0.39, 0.29) is 5.56 Å². The maximum Gasteiger partial charge on any atom is 0.250 e. The van der Waals surface area contributed by atoms with Crippen molar-refractivity contribution >= 4 is 10.9 Å². The minimum absolute atomic E-state index is 0.00330. The van der Waals surface area contributed by atoms with Crippen molar-refractivity contribution in [2.45, 2.75) is 13.0 Å². The van der Waals surface area contributed by atoms with E-state index in [0.29, 0.717) is 6.61 Å². The molecule has 124 valence electrons. The van der Waals surface area contributed by atoms with Gasteiger partial charge in [0.25, 0.3) is 5.56 Å². The lowest BCUT2D eigenvalue weighted by molar-refractivity contribution is 0.308. The van der Waals surface area contributed by atoms with E-state index in [0.717, 1.165) is 36.2 Å². The number of aryl methyl sites for hydroxylation is 1. The van der Waals surface area contributed by atoms with Crippen LogP contribution in [0, 0.1) is 0 Å². The van der Waals surface area contributed by atoms with Crippen molar-refractivity contribution in [3.63, 3.8) is 0 Å². The predicted octanol–water partition coefficient (Wildman–Crippen LogP) is 2.49. The fraction of sp³-hybridized carbons (Fsp3) is 0.263. The number of rotatable bonds is 7. The van der Waals surface area contributed by atoms with E-state index in [9.17, 15) is 4.79 Å². The second-order valence-electron chi connectivity index (χ2n) is 5.69. The Morgan fingerprint density at radius 1 is 1.12 bits per heavy atom. The molecule has 0 spiro atoms. The van der Waals surface area contributed by atoms with E-state index < -0.39 is 0 Å². The Kier molecular flexibility index (Phi) is 5.23. The van der Waals surface area contributed by atoms with Gasteiger partial charge in [0.2, 0.25) is 0 Å². The first kappa shape index (κ1) is 16.2. The molecule has 1 aromatic carbocycles. The van der Waals surface area contributed by atoms with Crippen LogP contribution < -0.4 is 15.6 Å². The van der Waals surface area contributed by atoms with Gasteiger partial charge < -0.3 is 14.6 Å². The summed E-state index contributed by atoms with van der Waals surface area (Å²) < 4.78 is 7.44.